The summed E-state index contributed by atoms with van der Waals surface area (Å²) in [7, 11) is 0. The first-order chi connectivity index (χ1) is 12.9. The highest BCUT2D eigenvalue weighted by Crippen LogP contribution is 2.32. The number of aliphatic imine (C=N–C) groups is 1. The second-order valence-corrected chi connectivity index (χ2v) is 7.96. The van der Waals surface area contributed by atoms with Crippen LogP contribution >= 0.6 is 15.9 Å². The molecule has 2 aliphatic rings. The smallest absolute Gasteiger partial charge is 0.230 e. The van der Waals surface area contributed by atoms with E-state index in [9.17, 15) is 4.79 Å². The molecule has 1 saturated heterocycles. The van der Waals surface area contributed by atoms with Crippen LogP contribution in [0, 0.1) is 6.92 Å². The zero-order valence-corrected chi connectivity index (χ0v) is 16.8. The standard InChI is InChI=1S/C19H21BrN4O3/c1-12-10-15(26-22-12)11-17(25)24-9-3-4-16(24)18-21-19(2,27-23-18)13-5-7-14(20)8-6-13/h5-8,10,16H,3-4,9,11H2,1-2H3,(H,21,23). The van der Waals surface area contributed by atoms with Crippen LogP contribution in [0.15, 0.2) is 44.3 Å². The molecule has 1 N–H and O–H groups in total. The zero-order chi connectivity index (χ0) is 19.0. The number of benzene rings is 1. The summed E-state index contributed by atoms with van der Waals surface area (Å²) >= 11 is 3.44. The summed E-state index contributed by atoms with van der Waals surface area (Å²) in [5, 5.41) is 3.85. The van der Waals surface area contributed by atoms with Crippen molar-refractivity contribution >= 4 is 27.7 Å². The molecule has 142 valence electrons. The van der Waals surface area contributed by atoms with Crippen LogP contribution in [0.25, 0.3) is 0 Å². The topological polar surface area (TPSA) is 80.0 Å². The highest BCUT2D eigenvalue weighted by atomic mass is 79.9. The van der Waals surface area contributed by atoms with Crippen molar-refractivity contribution < 1.29 is 14.2 Å². The minimum absolute atomic E-state index is 0.00962. The van der Waals surface area contributed by atoms with E-state index in [1.165, 1.54) is 0 Å². The second-order valence-electron chi connectivity index (χ2n) is 7.05. The molecule has 2 aliphatic heterocycles. The second kappa shape index (κ2) is 7.09. The Kier molecular flexibility index (Phi) is 4.77. The van der Waals surface area contributed by atoms with E-state index in [2.05, 4.69) is 26.6 Å². The van der Waals surface area contributed by atoms with Gasteiger partial charge in [-0.2, -0.15) is 0 Å². The van der Waals surface area contributed by atoms with Gasteiger partial charge in [0.05, 0.1) is 18.2 Å². The van der Waals surface area contributed by atoms with Gasteiger partial charge < -0.3 is 9.42 Å². The van der Waals surface area contributed by atoms with Crippen molar-refractivity contribution in [1.82, 2.24) is 15.5 Å². The molecule has 0 aliphatic carbocycles. The monoisotopic (exact) mass is 432 g/mol. The lowest BCUT2D eigenvalue weighted by Crippen LogP contribution is -2.44. The van der Waals surface area contributed by atoms with Crippen LogP contribution in [0.4, 0.5) is 0 Å². The van der Waals surface area contributed by atoms with E-state index in [0.717, 1.165) is 28.6 Å². The first-order valence-electron chi connectivity index (χ1n) is 8.96. The Balaban J connectivity index is 1.51. The van der Waals surface area contributed by atoms with Crippen molar-refractivity contribution in [2.45, 2.75) is 44.9 Å². The number of hydroxylamine groups is 1. The first kappa shape index (κ1) is 18.2. The number of halogens is 1. The van der Waals surface area contributed by atoms with E-state index in [1.54, 1.807) is 6.07 Å². The average molecular weight is 433 g/mol. The number of carbonyl (C=O) groups excluding carboxylic acids is 1. The SMILES string of the molecule is Cc1cc(CC(=O)N2CCCC2C2=NC(C)(c3ccc(Br)cc3)ON2)on1. The van der Waals surface area contributed by atoms with Crippen LogP contribution in [-0.4, -0.2) is 34.4 Å². The molecule has 0 spiro atoms. The van der Waals surface area contributed by atoms with E-state index < -0.39 is 5.72 Å². The van der Waals surface area contributed by atoms with Crippen molar-refractivity contribution in [3.05, 3.63) is 51.8 Å². The van der Waals surface area contributed by atoms with Crippen LogP contribution < -0.4 is 5.48 Å². The molecule has 7 nitrogen and oxygen atoms in total. The summed E-state index contributed by atoms with van der Waals surface area (Å²) in [5.41, 5.74) is 3.87. The molecule has 2 unspecified atom stereocenters. The fourth-order valence-electron chi connectivity index (χ4n) is 3.55. The van der Waals surface area contributed by atoms with E-state index in [4.69, 9.17) is 14.4 Å². The number of amidine groups is 1. The van der Waals surface area contributed by atoms with Gasteiger partial charge in [0.15, 0.2) is 0 Å². The van der Waals surface area contributed by atoms with E-state index in [0.29, 0.717) is 18.1 Å². The molecule has 1 amide bonds. The Labute approximate surface area is 165 Å². The maximum absolute atomic E-state index is 12.8. The Morgan fingerprint density at radius 2 is 2.19 bits per heavy atom. The van der Waals surface area contributed by atoms with Crippen molar-refractivity contribution in [2.75, 3.05) is 6.54 Å². The molecule has 3 heterocycles. The molecule has 27 heavy (non-hydrogen) atoms. The summed E-state index contributed by atoms with van der Waals surface area (Å²) < 4.78 is 6.18. The zero-order valence-electron chi connectivity index (χ0n) is 15.2. The summed E-state index contributed by atoms with van der Waals surface area (Å²) in [6.45, 7) is 4.45. The molecule has 0 saturated carbocycles. The quantitative estimate of drug-likeness (QED) is 0.802. The minimum Gasteiger partial charge on any atom is -0.361 e. The third-order valence-corrected chi connectivity index (χ3v) is 5.49. The average Bonchev–Trinajstić information content (AvgIpc) is 3.36. The molecule has 2 aromatic rings. The number of rotatable bonds is 4. The largest absolute Gasteiger partial charge is 0.361 e. The van der Waals surface area contributed by atoms with Gasteiger partial charge in [0.25, 0.3) is 0 Å². The Morgan fingerprint density at radius 3 is 2.89 bits per heavy atom. The number of hydrogen-bond donors (Lipinski definition) is 1. The van der Waals surface area contributed by atoms with Gasteiger partial charge in [-0.25, -0.2) is 15.3 Å². The van der Waals surface area contributed by atoms with Gasteiger partial charge in [-0.1, -0.05) is 33.2 Å². The summed E-state index contributed by atoms with van der Waals surface area (Å²) in [6, 6.07) is 9.55. The Hall–Kier alpha value is -2.19. The van der Waals surface area contributed by atoms with Gasteiger partial charge in [-0.05, 0) is 38.8 Å². The van der Waals surface area contributed by atoms with Gasteiger partial charge in [-0.3, -0.25) is 4.79 Å². The van der Waals surface area contributed by atoms with Gasteiger partial charge in [0.2, 0.25) is 11.6 Å². The molecule has 1 aromatic carbocycles. The molecule has 1 aromatic heterocycles. The molecular weight excluding hydrogens is 412 g/mol. The highest BCUT2D eigenvalue weighted by Gasteiger charge is 2.40. The van der Waals surface area contributed by atoms with Gasteiger partial charge in [-0.15, -0.1) is 0 Å². The van der Waals surface area contributed by atoms with Crippen molar-refractivity contribution in [3.8, 4) is 0 Å². The van der Waals surface area contributed by atoms with Crippen molar-refractivity contribution in [3.63, 3.8) is 0 Å². The number of nitrogens with one attached hydrogen (secondary N) is 1. The van der Waals surface area contributed by atoms with E-state index in [-0.39, 0.29) is 18.4 Å². The summed E-state index contributed by atoms with van der Waals surface area (Å²) in [6.07, 6.45) is 1.99. The molecule has 4 rings (SSSR count). The third-order valence-electron chi connectivity index (χ3n) is 4.96. The van der Waals surface area contributed by atoms with Crippen molar-refractivity contribution in [1.29, 1.82) is 0 Å². The maximum Gasteiger partial charge on any atom is 0.230 e. The molecule has 0 bridgehead atoms. The van der Waals surface area contributed by atoms with E-state index in [1.807, 2.05) is 43.0 Å². The van der Waals surface area contributed by atoms with Gasteiger partial charge in [0, 0.05) is 22.6 Å². The number of likely N-dealkylation sites (tertiary alicyclic amines) is 1. The summed E-state index contributed by atoms with van der Waals surface area (Å²) in [5.74, 6) is 1.29. The Morgan fingerprint density at radius 1 is 1.41 bits per heavy atom. The lowest BCUT2D eigenvalue weighted by molar-refractivity contribution is -0.130. The van der Waals surface area contributed by atoms with Gasteiger partial charge in [0.1, 0.15) is 11.6 Å². The summed E-state index contributed by atoms with van der Waals surface area (Å²) in [4.78, 5) is 25.2. The van der Waals surface area contributed by atoms with Crippen LogP contribution in [-0.2, 0) is 21.8 Å². The number of hydrogen-bond acceptors (Lipinski definition) is 6. The molecule has 2 atom stereocenters. The van der Waals surface area contributed by atoms with Crippen LogP contribution in [0.1, 0.15) is 36.8 Å². The normalized spacial score (nSPS) is 24.8. The first-order valence-corrected chi connectivity index (χ1v) is 9.75. The molecular formula is C19H21BrN4O3. The number of aryl methyl sites for hydroxylation is 1. The molecule has 0 radical (unpaired) electrons. The van der Waals surface area contributed by atoms with Crippen molar-refractivity contribution in [2.24, 2.45) is 4.99 Å². The predicted octanol–water partition coefficient (Wildman–Crippen LogP) is 3.09. The lowest BCUT2D eigenvalue weighted by Gasteiger charge is -2.23. The van der Waals surface area contributed by atoms with Crippen LogP contribution in [0.3, 0.4) is 0 Å². The van der Waals surface area contributed by atoms with E-state index >= 15 is 0 Å². The lowest BCUT2D eigenvalue weighted by atomic mass is 10.1. The maximum atomic E-state index is 12.8. The number of nitrogens with zero attached hydrogens (tertiary/aromatic N) is 3. The third kappa shape index (κ3) is 3.64. The minimum atomic E-state index is -0.810. The molecule has 8 heteroatoms. The van der Waals surface area contributed by atoms with Gasteiger partial charge >= 0.3 is 0 Å². The molecule has 1 fully saturated rings. The fourth-order valence-corrected chi connectivity index (χ4v) is 3.82. The predicted molar refractivity (Wildman–Crippen MR) is 103 cm³/mol. The number of carbonyl (C=O) groups is 1. The number of aromatic nitrogens is 1. The van der Waals surface area contributed by atoms with Crippen LogP contribution in [0.5, 0.6) is 0 Å². The fraction of sp³-hybridized carbons (Fsp3) is 0.421. The Bertz CT molecular complexity index is 879. The highest BCUT2D eigenvalue weighted by molar-refractivity contribution is 9.10. The van der Waals surface area contributed by atoms with Crippen LogP contribution in [0.2, 0.25) is 0 Å². The number of amides is 1.